The first kappa shape index (κ1) is 13.8. The van der Waals surface area contributed by atoms with Gasteiger partial charge in [0.15, 0.2) is 0 Å². The maximum Gasteiger partial charge on any atom is 0.270 e. The molecule has 20 heavy (non-hydrogen) atoms. The molecule has 0 heterocycles. The van der Waals surface area contributed by atoms with Crippen molar-refractivity contribution < 1.29 is 4.92 Å². The van der Waals surface area contributed by atoms with Crippen molar-refractivity contribution in [2.75, 3.05) is 0 Å². The minimum absolute atomic E-state index is 0.0465. The zero-order chi connectivity index (χ0) is 14.5. The number of nitro groups is 1. The highest BCUT2D eigenvalue weighted by Crippen LogP contribution is 2.23. The predicted octanol–water partition coefficient (Wildman–Crippen LogP) is 4.31. The highest BCUT2D eigenvalue weighted by Gasteiger charge is 2.08. The largest absolute Gasteiger partial charge is 0.270 e. The summed E-state index contributed by atoms with van der Waals surface area (Å²) in [5.41, 5.74) is 1.56. The monoisotopic (exact) mass is 284 g/mol. The van der Waals surface area contributed by atoms with Crippen LogP contribution in [-0.4, -0.2) is 4.92 Å². The number of halogens is 1. The minimum Gasteiger partial charge on any atom is -0.258 e. The van der Waals surface area contributed by atoms with Crippen LogP contribution in [0.5, 0.6) is 0 Å². The molecule has 0 saturated carbocycles. The number of hydrogen-bond acceptors (Lipinski definition) is 3. The van der Waals surface area contributed by atoms with Gasteiger partial charge in [0.05, 0.1) is 16.6 Å². The van der Waals surface area contributed by atoms with E-state index in [1.165, 1.54) is 12.1 Å². The molecule has 0 saturated heterocycles. The van der Waals surface area contributed by atoms with Crippen molar-refractivity contribution >= 4 is 28.9 Å². The summed E-state index contributed by atoms with van der Waals surface area (Å²) in [5.74, 6) is 0. The summed E-state index contributed by atoms with van der Waals surface area (Å²) in [7, 11) is 0. The molecule has 4 nitrogen and oxygen atoms in total. The third kappa shape index (κ3) is 3.22. The molecule has 2 rings (SSSR count). The Balaban J connectivity index is 2.45. The number of rotatable bonds is 3. The summed E-state index contributed by atoms with van der Waals surface area (Å²) in [5, 5.41) is 20.5. The Morgan fingerprint density at radius 3 is 2.65 bits per heavy atom. The Bertz CT molecular complexity index is 733. The fraction of sp³-hybridized carbons (Fsp3) is 0. The predicted molar refractivity (Wildman–Crippen MR) is 78.0 cm³/mol. The second-order valence-corrected chi connectivity index (χ2v) is 4.47. The number of allylic oxidation sites excluding steroid dienone is 1. The zero-order valence-corrected chi connectivity index (χ0v) is 11.0. The maximum atomic E-state index is 10.8. The van der Waals surface area contributed by atoms with Crippen molar-refractivity contribution in [3.63, 3.8) is 0 Å². The molecule has 0 radical (unpaired) electrons. The van der Waals surface area contributed by atoms with Crippen molar-refractivity contribution in [3.8, 4) is 6.07 Å². The summed E-state index contributed by atoms with van der Waals surface area (Å²) in [6, 6.07) is 15.1. The van der Waals surface area contributed by atoms with Gasteiger partial charge in [0, 0.05) is 17.2 Å². The van der Waals surface area contributed by atoms with Gasteiger partial charge in [-0.05, 0) is 29.3 Å². The molecule has 0 aliphatic carbocycles. The van der Waals surface area contributed by atoms with Gasteiger partial charge in [-0.15, -0.1) is 0 Å². The van der Waals surface area contributed by atoms with E-state index in [2.05, 4.69) is 0 Å². The van der Waals surface area contributed by atoms with E-state index in [0.29, 0.717) is 16.2 Å². The molecule has 98 valence electrons. The lowest BCUT2D eigenvalue weighted by Gasteiger charge is -2.00. The van der Waals surface area contributed by atoms with Crippen LogP contribution in [0.3, 0.4) is 0 Å². The first-order valence-corrected chi connectivity index (χ1v) is 6.10. The molecule has 0 aliphatic heterocycles. The van der Waals surface area contributed by atoms with E-state index in [9.17, 15) is 15.4 Å². The fourth-order valence-corrected chi connectivity index (χ4v) is 1.93. The lowest BCUT2D eigenvalue weighted by atomic mass is 10.0. The first-order chi connectivity index (χ1) is 9.60. The van der Waals surface area contributed by atoms with Gasteiger partial charge in [-0.3, -0.25) is 10.1 Å². The van der Waals surface area contributed by atoms with Crippen LogP contribution >= 0.6 is 11.6 Å². The SMILES string of the molecule is N#C/C(=C/c1cccc(Cl)c1)c1cccc([N+](=O)[O-])c1. The number of non-ortho nitro benzene ring substituents is 1. The van der Waals surface area contributed by atoms with Gasteiger partial charge in [0.2, 0.25) is 0 Å². The van der Waals surface area contributed by atoms with E-state index < -0.39 is 4.92 Å². The topological polar surface area (TPSA) is 66.9 Å². The zero-order valence-electron chi connectivity index (χ0n) is 10.3. The minimum atomic E-state index is -0.488. The third-order valence-electron chi connectivity index (χ3n) is 2.65. The van der Waals surface area contributed by atoms with Gasteiger partial charge in [0.1, 0.15) is 0 Å². The van der Waals surface area contributed by atoms with Crippen LogP contribution in [-0.2, 0) is 0 Å². The molecule has 0 fully saturated rings. The third-order valence-corrected chi connectivity index (χ3v) is 2.88. The van der Waals surface area contributed by atoms with Crippen LogP contribution in [0.4, 0.5) is 5.69 Å². The molecular formula is C15H9ClN2O2. The van der Waals surface area contributed by atoms with E-state index in [-0.39, 0.29) is 5.69 Å². The molecule has 2 aromatic carbocycles. The molecule has 0 spiro atoms. The normalized spacial score (nSPS) is 10.9. The van der Waals surface area contributed by atoms with Gasteiger partial charge in [-0.25, -0.2) is 0 Å². The quantitative estimate of drug-likeness (QED) is 0.365. The molecule has 0 aromatic heterocycles. The molecule has 0 aliphatic rings. The standard InChI is InChI=1S/C15H9ClN2O2/c16-14-5-1-3-11(8-14)7-13(10-17)12-4-2-6-15(9-12)18(19)20/h1-9H/b13-7-. The van der Waals surface area contributed by atoms with Crippen LogP contribution in [0, 0.1) is 21.4 Å². The summed E-state index contributed by atoms with van der Waals surface area (Å²) >= 11 is 5.88. The van der Waals surface area contributed by atoms with Crippen LogP contribution < -0.4 is 0 Å². The lowest BCUT2D eigenvalue weighted by molar-refractivity contribution is -0.384. The van der Waals surface area contributed by atoms with Gasteiger partial charge >= 0.3 is 0 Å². The molecule has 0 bridgehead atoms. The van der Waals surface area contributed by atoms with Crippen LogP contribution in [0.1, 0.15) is 11.1 Å². The van der Waals surface area contributed by atoms with Gasteiger partial charge in [0.25, 0.3) is 5.69 Å². The number of nitriles is 1. The molecular weight excluding hydrogens is 276 g/mol. The Kier molecular flexibility index (Phi) is 4.14. The van der Waals surface area contributed by atoms with Crippen molar-refractivity contribution in [2.24, 2.45) is 0 Å². The summed E-state index contributed by atoms with van der Waals surface area (Å²) < 4.78 is 0. The fourth-order valence-electron chi connectivity index (χ4n) is 1.73. The van der Waals surface area contributed by atoms with E-state index in [4.69, 9.17) is 11.6 Å². The van der Waals surface area contributed by atoms with Crippen molar-refractivity contribution in [2.45, 2.75) is 0 Å². The Morgan fingerprint density at radius 2 is 2.00 bits per heavy atom. The van der Waals surface area contributed by atoms with Crippen LogP contribution in [0.2, 0.25) is 5.02 Å². The molecule has 0 amide bonds. The van der Waals surface area contributed by atoms with Gasteiger partial charge < -0.3 is 0 Å². The number of nitro benzene ring substituents is 1. The van der Waals surface area contributed by atoms with Gasteiger partial charge in [-0.1, -0.05) is 35.9 Å². The van der Waals surface area contributed by atoms with Crippen molar-refractivity contribution in [1.29, 1.82) is 5.26 Å². The van der Waals surface area contributed by atoms with E-state index >= 15 is 0 Å². The smallest absolute Gasteiger partial charge is 0.258 e. The highest BCUT2D eigenvalue weighted by molar-refractivity contribution is 6.30. The van der Waals surface area contributed by atoms with Crippen molar-refractivity contribution in [3.05, 3.63) is 74.8 Å². The van der Waals surface area contributed by atoms with Gasteiger partial charge in [-0.2, -0.15) is 5.26 Å². The van der Waals surface area contributed by atoms with Crippen LogP contribution in [0.15, 0.2) is 48.5 Å². The van der Waals surface area contributed by atoms with Crippen molar-refractivity contribution in [1.82, 2.24) is 0 Å². The average Bonchev–Trinajstić information content (AvgIpc) is 2.45. The first-order valence-electron chi connectivity index (χ1n) is 5.72. The van der Waals surface area contributed by atoms with E-state index in [0.717, 1.165) is 5.56 Å². The number of nitrogens with zero attached hydrogens (tertiary/aromatic N) is 2. The second-order valence-electron chi connectivity index (χ2n) is 4.03. The van der Waals surface area contributed by atoms with E-state index in [1.807, 2.05) is 6.07 Å². The second kappa shape index (κ2) is 6.00. The Hall–Kier alpha value is -2.64. The highest BCUT2D eigenvalue weighted by atomic mass is 35.5. The molecule has 0 unspecified atom stereocenters. The van der Waals surface area contributed by atoms with E-state index in [1.54, 1.807) is 42.5 Å². The Labute approximate surface area is 120 Å². The maximum absolute atomic E-state index is 10.8. The molecule has 2 aromatic rings. The molecule has 5 heteroatoms. The summed E-state index contributed by atoms with van der Waals surface area (Å²) in [6.07, 6.45) is 1.64. The summed E-state index contributed by atoms with van der Waals surface area (Å²) in [4.78, 5) is 10.3. The summed E-state index contributed by atoms with van der Waals surface area (Å²) in [6.45, 7) is 0. The number of hydrogen-bond donors (Lipinski definition) is 0. The number of benzene rings is 2. The van der Waals surface area contributed by atoms with Crippen LogP contribution in [0.25, 0.3) is 11.6 Å². The lowest BCUT2D eigenvalue weighted by Crippen LogP contribution is -1.89. The molecule has 0 atom stereocenters. The Morgan fingerprint density at radius 1 is 1.25 bits per heavy atom. The average molecular weight is 285 g/mol. The molecule has 0 N–H and O–H groups in total.